The van der Waals surface area contributed by atoms with Crippen molar-refractivity contribution in [2.45, 2.75) is 52.0 Å². The van der Waals surface area contributed by atoms with E-state index in [1.807, 2.05) is 24.3 Å². The van der Waals surface area contributed by atoms with Gasteiger partial charge in [0.15, 0.2) is 0 Å². The quantitative estimate of drug-likeness (QED) is 0.692. The predicted octanol–water partition coefficient (Wildman–Crippen LogP) is 3.44. The van der Waals surface area contributed by atoms with Crippen molar-refractivity contribution in [2.75, 3.05) is 5.32 Å². The van der Waals surface area contributed by atoms with Gasteiger partial charge in [-0.05, 0) is 24.1 Å². The molecule has 1 amide bonds. The molecule has 0 aliphatic heterocycles. The van der Waals surface area contributed by atoms with E-state index in [-0.39, 0.29) is 5.91 Å². The Morgan fingerprint density at radius 1 is 1.11 bits per heavy atom. The summed E-state index contributed by atoms with van der Waals surface area (Å²) in [6.07, 6.45) is 6.47. The zero-order valence-electron chi connectivity index (χ0n) is 11.2. The standard InChI is InChI=1S/C15H24N2O/c1-2-3-4-5-6-7-15(18)17-14-10-8-13(12-16)9-11-14/h8-11H,2-7,12,16H2,1H3,(H,17,18). The summed E-state index contributed by atoms with van der Waals surface area (Å²) in [4.78, 5) is 11.7. The van der Waals surface area contributed by atoms with E-state index in [9.17, 15) is 4.79 Å². The maximum Gasteiger partial charge on any atom is 0.224 e. The molecular formula is C15H24N2O. The van der Waals surface area contributed by atoms with Gasteiger partial charge in [-0.15, -0.1) is 0 Å². The van der Waals surface area contributed by atoms with E-state index in [0.717, 1.165) is 24.1 Å². The van der Waals surface area contributed by atoms with Crippen molar-refractivity contribution < 1.29 is 4.79 Å². The molecule has 0 unspecified atom stereocenters. The van der Waals surface area contributed by atoms with E-state index in [1.165, 1.54) is 19.3 Å². The Morgan fingerprint density at radius 2 is 1.78 bits per heavy atom. The van der Waals surface area contributed by atoms with Gasteiger partial charge in [0.25, 0.3) is 0 Å². The lowest BCUT2D eigenvalue weighted by Gasteiger charge is -2.06. The first-order valence-corrected chi connectivity index (χ1v) is 6.85. The van der Waals surface area contributed by atoms with Crippen LogP contribution in [0.1, 0.15) is 51.0 Å². The first-order valence-electron chi connectivity index (χ1n) is 6.85. The average molecular weight is 248 g/mol. The van der Waals surface area contributed by atoms with Gasteiger partial charge in [-0.3, -0.25) is 4.79 Å². The fourth-order valence-corrected chi connectivity index (χ4v) is 1.84. The monoisotopic (exact) mass is 248 g/mol. The summed E-state index contributed by atoms with van der Waals surface area (Å²) in [5.41, 5.74) is 7.45. The van der Waals surface area contributed by atoms with Gasteiger partial charge in [0, 0.05) is 18.7 Å². The topological polar surface area (TPSA) is 55.1 Å². The SMILES string of the molecule is CCCCCCCC(=O)Nc1ccc(CN)cc1. The molecular weight excluding hydrogens is 224 g/mol. The highest BCUT2D eigenvalue weighted by Crippen LogP contribution is 2.11. The summed E-state index contributed by atoms with van der Waals surface area (Å²) in [6.45, 7) is 2.73. The second-order valence-corrected chi connectivity index (χ2v) is 4.61. The maximum absolute atomic E-state index is 11.7. The Hall–Kier alpha value is -1.35. The second-order valence-electron chi connectivity index (χ2n) is 4.61. The first-order chi connectivity index (χ1) is 8.76. The van der Waals surface area contributed by atoms with Gasteiger partial charge in [0.1, 0.15) is 0 Å². The lowest BCUT2D eigenvalue weighted by molar-refractivity contribution is -0.116. The second kappa shape index (κ2) is 8.70. The summed E-state index contributed by atoms with van der Waals surface area (Å²) in [5, 5.41) is 2.90. The summed E-state index contributed by atoms with van der Waals surface area (Å²) in [5.74, 6) is 0.104. The molecule has 3 nitrogen and oxygen atoms in total. The van der Waals surface area contributed by atoms with Crippen LogP contribution in [0.15, 0.2) is 24.3 Å². The highest BCUT2D eigenvalue weighted by atomic mass is 16.1. The number of anilines is 1. The summed E-state index contributed by atoms with van der Waals surface area (Å²) >= 11 is 0. The van der Waals surface area contributed by atoms with Crippen LogP contribution in [0.25, 0.3) is 0 Å². The number of carbonyl (C=O) groups excluding carboxylic acids is 1. The van der Waals surface area contributed by atoms with Crippen LogP contribution in [0.3, 0.4) is 0 Å². The van der Waals surface area contributed by atoms with E-state index >= 15 is 0 Å². The van der Waals surface area contributed by atoms with Crippen molar-refractivity contribution in [2.24, 2.45) is 5.73 Å². The molecule has 0 spiro atoms. The number of nitrogens with one attached hydrogen (secondary N) is 1. The maximum atomic E-state index is 11.7. The van der Waals surface area contributed by atoms with Crippen LogP contribution in [0.5, 0.6) is 0 Å². The summed E-state index contributed by atoms with van der Waals surface area (Å²) < 4.78 is 0. The number of amides is 1. The molecule has 0 atom stereocenters. The third-order valence-electron chi connectivity index (χ3n) is 2.98. The van der Waals surface area contributed by atoms with Crippen LogP contribution in [0.2, 0.25) is 0 Å². The Bertz CT molecular complexity index is 346. The van der Waals surface area contributed by atoms with E-state index in [0.29, 0.717) is 13.0 Å². The van der Waals surface area contributed by atoms with Crippen LogP contribution in [0.4, 0.5) is 5.69 Å². The Kier molecular flexibility index (Phi) is 7.11. The molecule has 0 aliphatic carbocycles. The van der Waals surface area contributed by atoms with Crippen molar-refractivity contribution in [3.63, 3.8) is 0 Å². The van der Waals surface area contributed by atoms with Gasteiger partial charge >= 0.3 is 0 Å². The minimum atomic E-state index is 0.104. The van der Waals surface area contributed by atoms with Crippen LogP contribution < -0.4 is 11.1 Å². The predicted molar refractivity (Wildman–Crippen MR) is 76.3 cm³/mol. The number of hydrogen-bond acceptors (Lipinski definition) is 2. The zero-order chi connectivity index (χ0) is 13.2. The zero-order valence-corrected chi connectivity index (χ0v) is 11.2. The molecule has 0 saturated heterocycles. The molecule has 100 valence electrons. The first kappa shape index (κ1) is 14.7. The fourth-order valence-electron chi connectivity index (χ4n) is 1.84. The molecule has 0 saturated carbocycles. The third kappa shape index (κ3) is 5.82. The molecule has 3 heteroatoms. The fraction of sp³-hybridized carbons (Fsp3) is 0.533. The Morgan fingerprint density at radius 3 is 2.39 bits per heavy atom. The van der Waals surface area contributed by atoms with Crippen LogP contribution >= 0.6 is 0 Å². The van der Waals surface area contributed by atoms with E-state index in [4.69, 9.17) is 5.73 Å². The van der Waals surface area contributed by atoms with E-state index in [2.05, 4.69) is 12.2 Å². The number of nitrogens with two attached hydrogens (primary N) is 1. The lowest BCUT2D eigenvalue weighted by atomic mass is 10.1. The minimum Gasteiger partial charge on any atom is -0.326 e. The smallest absolute Gasteiger partial charge is 0.224 e. The van der Waals surface area contributed by atoms with Crippen molar-refractivity contribution in [1.29, 1.82) is 0 Å². The molecule has 1 aromatic carbocycles. The van der Waals surface area contributed by atoms with E-state index in [1.54, 1.807) is 0 Å². The number of carbonyl (C=O) groups is 1. The number of unbranched alkanes of at least 4 members (excludes halogenated alkanes) is 4. The number of hydrogen-bond donors (Lipinski definition) is 2. The molecule has 3 N–H and O–H groups in total. The van der Waals surface area contributed by atoms with Gasteiger partial charge in [0.2, 0.25) is 5.91 Å². The molecule has 0 aliphatic rings. The summed E-state index contributed by atoms with van der Waals surface area (Å²) in [6, 6.07) is 7.68. The molecule has 0 radical (unpaired) electrons. The molecule has 0 heterocycles. The van der Waals surface area contributed by atoms with Crippen LogP contribution in [-0.2, 0) is 11.3 Å². The molecule has 0 bridgehead atoms. The normalized spacial score (nSPS) is 10.3. The van der Waals surface area contributed by atoms with Crippen molar-refractivity contribution >= 4 is 11.6 Å². The molecule has 0 fully saturated rings. The highest BCUT2D eigenvalue weighted by Gasteiger charge is 2.02. The van der Waals surface area contributed by atoms with Crippen LogP contribution in [0, 0.1) is 0 Å². The third-order valence-corrected chi connectivity index (χ3v) is 2.98. The van der Waals surface area contributed by atoms with Gasteiger partial charge in [-0.25, -0.2) is 0 Å². The molecule has 1 aromatic rings. The minimum absolute atomic E-state index is 0.104. The number of benzene rings is 1. The summed E-state index contributed by atoms with van der Waals surface area (Å²) in [7, 11) is 0. The average Bonchev–Trinajstić information content (AvgIpc) is 2.39. The van der Waals surface area contributed by atoms with Crippen molar-refractivity contribution in [3.8, 4) is 0 Å². The van der Waals surface area contributed by atoms with Crippen molar-refractivity contribution in [1.82, 2.24) is 0 Å². The van der Waals surface area contributed by atoms with Gasteiger partial charge < -0.3 is 11.1 Å². The highest BCUT2D eigenvalue weighted by molar-refractivity contribution is 5.90. The van der Waals surface area contributed by atoms with Gasteiger partial charge in [-0.1, -0.05) is 44.7 Å². The van der Waals surface area contributed by atoms with E-state index < -0.39 is 0 Å². The molecule has 18 heavy (non-hydrogen) atoms. The van der Waals surface area contributed by atoms with Gasteiger partial charge in [0.05, 0.1) is 0 Å². The number of rotatable bonds is 8. The Balaban J connectivity index is 2.22. The lowest BCUT2D eigenvalue weighted by Crippen LogP contribution is -2.11. The van der Waals surface area contributed by atoms with Gasteiger partial charge in [-0.2, -0.15) is 0 Å². The van der Waals surface area contributed by atoms with Crippen LogP contribution in [-0.4, -0.2) is 5.91 Å². The Labute approximate surface area is 110 Å². The molecule has 0 aromatic heterocycles. The molecule has 1 rings (SSSR count). The van der Waals surface area contributed by atoms with Crippen molar-refractivity contribution in [3.05, 3.63) is 29.8 Å². The largest absolute Gasteiger partial charge is 0.326 e.